The van der Waals surface area contributed by atoms with Crippen molar-refractivity contribution in [2.45, 2.75) is 38.9 Å². The second-order valence-electron chi connectivity index (χ2n) is 15.0. The van der Waals surface area contributed by atoms with Gasteiger partial charge in [-0.3, -0.25) is 34.2 Å². The average molecular weight is 813 g/mol. The Morgan fingerprint density at radius 2 is 1.56 bits per heavy atom. The second kappa shape index (κ2) is 18.1. The minimum atomic E-state index is -1.03. The van der Waals surface area contributed by atoms with E-state index in [0.717, 1.165) is 47.1 Å². The van der Waals surface area contributed by atoms with Crippen molar-refractivity contribution in [3.8, 4) is 11.1 Å². The fraction of sp³-hybridized carbons (Fsp3) is 0.213. The van der Waals surface area contributed by atoms with Gasteiger partial charge in [-0.1, -0.05) is 98.8 Å². The number of amides is 4. The minimum absolute atomic E-state index is 0.0158. The number of likely N-dealkylation sites (tertiary alicyclic amines) is 1. The molecule has 1 unspecified atom stereocenters. The Morgan fingerprint density at radius 3 is 2.25 bits per heavy atom. The molecule has 0 radical (unpaired) electrons. The van der Waals surface area contributed by atoms with Crippen LogP contribution >= 0.6 is 11.8 Å². The summed E-state index contributed by atoms with van der Waals surface area (Å²) in [6.45, 7) is 6.01. The first kappa shape index (κ1) is 40.9. The molecule has 2 fully saturated rings. The van der Waals surface area contributed by atoms with E-state index >= 15 is 0 Å². The van der Waals surface area contributed by atoms with Crippen LogP contribution in [-0.2, 0) is 11.3 Å². The van der Waals surface area contributed by atoms with Crippen molar-refractivity contribution in [1.29, 1.82) is 0 Å². The lowest BCUT2D eigenvalue weighted by molar-refractivity contribution is -0.115. The summed E-state index contributed by atoms with van der Waals surface area (Å²) in [7, 11) is 0. The molecule has 5 aromatic carbocycles. The average Bonchev–Trinajstić information content (AvgIpc) is 3.81. The molecule has 0 aliphatic carbocycles. The molecular formula is C47H42F2N4O5S. The first-order valence-electron chi connectivity index (χ1n) is 19.4. The predicted molar refractivity (Wildman–Crippen MR) is 224 cm³/mol. The van der Waals surface area contributed by atoms with Crippen molar-refractivity contribution < 1.29 is 32.8 Å². The zero-order valence-corrected chi connectivity index (χ0v) is 33.3. The molecule has 12 heteroatoms. The molecular weight excluding hydrogens is 771 g/mol. The highest BCUT2D eigenvalue weighted by Crippen LogP contribution is 2.31. The normalized spacial score (nSPS) is 17.2. The Bertz CT molecular complexity index is 2440. The third-order valence-corrected chi connectivity index (χ3v) is 11.2. The molecule has 2 aliphatic rings. The Hall–Kier alpha value is -6.24. The summed E-state index contributed by atoms with van der Waals surface area (Å²) in [6.07, 6.45) is 2.09. The van der Waals surface area contributed by atoms with Gasteiger partial charge in [0.2, 0.25) is 0 Å². The van der Waals surface area contributed by atoms with Crippen molar-refractivity contribution in [2.24, 2.45) is 5.92 Å². The van der Waals surface area contributed by atoms with Crippen molar-refractivity contribution in [1.82, 2.24) is 20.4 Å². The molecule has 0 bridgehead atoms. The standard InChI is InChI=1S/C47H42F2N4O5S/c1-29(2)26-52(27-33-12-6-7-13-37(33)31-10-4-3-5-11-31)36-24-35(25-50-44(55)32-18-16-30(17-19-32)22-42-45(56)51-47(58)59-42)53(28-36)46(57)39-15-9-8-14-38(39)43(54)40-21-20-34(48)23-41(40)49/h3-23,29,35-36H,24-28H2,1-2H3,(H,50,55)(H,51,56,58)/b42-22-/t35-,36?/m0/s1. The Balaban J connectivity index is 1.17. The molecule has 5 aromatic rings. The SMILES string of the molecule is CC(C)CN(Cc1ccccc1-c1ccccc1)C1C[C@@H](CNC(=O)c2ccc(/C=C3\SC(=O)NC3=O)cc2)N(C(=O)c2ccccc2C(=O)c2ccc(F)cc2F)C1. The van der Waals surface area contributed by atoms with Gasteiger partial charge >= 0.3 is 0 Å². The van der Waals surface area contributed by atoms with Gasteiger partial charge in [-0.2, -0.15) is 0 Å². The summed E-state index contributed by atoms with van der Waals surface area (Å²) < 4.78 is 28.6. The van der Waals surface area contributed by atoms with Gasteiger partial charge in [0.05, 0.1) is 22.1 Å². The van der Waals surface area contributed by atoms with E-state index < -0.39 is 40.5 Å². The molecule has 2 N–H and O–H groups in total. The van der Waals surface area contributed by atoms with Gasteiger partial charge in [0, 0.05) is 49.4 Å². The number of rotatable bonds is 13. The molecule has 4 amide bonds. The van der Waals surface area contributed by atoms with Crippen molar-refractivity contribution >= 4 is 46.6 Å². The van der Waals surface area contributed by atoms with Crippen LogP contribution in [0.1, 0.15) is 68.0 Å². The molecule has 9 nitrogen and oxygen atoms in total. The van der Waals surface area contributed by atoms with Gasteiger partial charge in [0.25, 0.3) is 23.0 Å². The maximum absolute atomic E-state index is 14.9. The van der Waals surface area contributed by atoms with Crippen LogP contribution in [0.5, 0.6) is 0 Å². The van der Waals surface area contributed by atoms with Gasteiger partial charge in [-0.25, -0.2) is 8.78 Å². The first-order valence-corrected chi connectivity index (χ1v) is 20.2. The Morgan fingerprint density at radius 1 is 0.864 bits per heavy atom. The molecule has 7 rings (SSSR count). The highest BCUT2D eigenvalue weighted by Gasteiger charge is 2.40. The van der Waals surface area contributed by atoms with Crippen LogP contribution in [0.3, 0.4) is 0 Å². The highest BCUT2D eigenvalue weighted by atomic mass is 32.2. The lowest BCUT2D eigenvalue weighted by Crippen LogP contribution is -2.44. The van der Waals surface area contributed by atoms with E-state index in [4.69, 9.17) is 0 Å². The van der Waals surface area contributed by atoms with Crippen molar-refractivity contribution in [2.75, 3.05) is 19.6 Å². The van der Waals surface area contributed by atoms with Gasteiger partial charge < -0.3 is 10.2 Å². The van der Waals surface area contributed by atoms with Crippen LogP contribution in [0.4, 0.5) is 13.6 Å². The molecule has 0 saturated carbocycles. The van der Waals surface area contributed by atoms with E-state index in [1.165, 1.54) is 12.1 Å². The molecule has 2 heterocycles. The molecule has 0 aromatic heterocycles. The van der Waals surface area contributed by atoms with E-state index in [-0.39, 0.29) is 46.0 Å². The maximum Gasteiger partial charge on any atom is 0.290 e. The van der Waals surface area contributed by atoms with Crippen molar-refractivity contribution in [3.05, 3.63) is 171 Å². The minimum Gasteiger partial charge on any atom is -0.350 e. The van der Waals surface area contributed by atoms with E-state index in [9.17, 15) is 32.8 Å². The van der Waals surface area contributed by atoms with Crippen LogP contribution in [0.25, 0.3) is 17.2 Å². The molecule has 2 atom stereocenters. The molecule has 2 aliphatic heterocycles. The van der Waals surface area contributed by atoms with Crippen molar-refractivity contribution in [3.63, 3.8) is 0 Å². The summed E-state index contributed by atoms with van der Waals surface area (Å²) in [5.41, 5.74) is 4.03. The summed E-state index contributed by atoms with van der Waals surface area (Å²) in [4.78, 5) is 69.9. The lowest BCUT2D eigenvalue weighted by atomic mass is 9.97. The first-order chi connectivity index (χ1) is 28.4. The number of carbonyl (C=O) groups is 5. The number of nitrogens with one attached hydrogen (secondary N) is 2. The van der Waals surface area contributed by atoms with E-state index in [2.05, 4.69) is 53.6 Å². The fourth-order valence-electron chi connectivity index (χ4n) is 7.64. The number of benzene rings is 5. The van der Waals surface area contributed by atoms with Crippen LogP contribution in [0, 0.1) is 17.6 Å². The molecule has 300 valence electrons. The Labute approximate surface area is 345 Å². The van der Waals surface area contributed by atoms with Crippen LogP contribution in [0.2, 0.25) is 0 Å². The zero-order valence-electron chi connectivity index (χ0n) is 32.5. The van der Waals surface area contributed by atoms with Crippen LogP contribution in [0.15, 0.2) is 126 Å². The van der Waals surface area contributed by atoms with Gasteiger partial charge in [0.15, 0.2) is 5.78 Å². The molecule has 2 saturated heterocycles. The number of halogens is 2. The third kappa shape index (κ3) is 9.56. The van der Waals surface area contributed by atoms with Crippen LogP contribution < -0.4 is 10.6 Å². The molecule has 0 spiro atoms. The third-order valence-electron chi connectivity index (χ3n) is 10.4. The van der Waals surface area contributed by atoms with E-state index in [1.807, 2.05) is 30.3 Å². The van der Waals surface area contributed by atoms with Crippen LogP contribution in [-0.4, -0.2) is 70.3 Å². The quantitative estimate of drug-likeness (QED) is 0.0908. The zero-order chi connectivity index (χ0) is 41.6. The topological polar surface area (TPSA) is 116 Å². The fourth-order valence-corrected chi connectivity index (χ4v) is 8.33. The van der Waals surface area contributed by atoms with Gasteiger partial charge in [0.1, 0.15) is 11.6 Å². The Kier molecular flexibility index (Phi) is 12.6. The summed E-state index contributed by atoms with van der Waals surface area (Å²) in [5, 5.41) is 4.78. The van der Waals surface area contributed by atoms with E-state index in [0.29, 0.717) is 36.7 Å². The monoisotopic (exact) mass is 812 g/mol. The largest absolute Gasteiger partial charge is 0.350 e. The number of nitrogens with zero attached hydrogens (tertiary/aromatic N) is 2. The number of hydrogen-bond donors (Lipinski definition) is 2. The number of carbonyl (C=O) groups excluding carboxylic acids is 5. The number of ketones is 1. The lowest BCUT2D eigenvalue weighted by Gasteiger charge is -2.31. The number of thioether (sulfide) groups is 1. The maximum atomic E-state index is 14.9. The smallest absolute Gasteiger partial charge is 0.290 e. The number of imide groups is 1. The summed E-state index contributed by atoms with van der Waals surface area (Å²) >= 11 is 0.807. The predicted octanol–water partition coefficient (Wildman–Crippen LogP) is 8.36. The van der Waals surface area contributed by atoms with Gasteiger partial charge in [-0.05, 0) is 82.8 Å². The van der Waals surface area contributed by atoms with E-state index in [1.54, 1.807) is 47.4 Å². The number of hydrogen-bond acceptors (Lipinski definition) is 7. The summed E-state index contributed by atoms with van der Waals surface area (Å²) in [5.74, 6) is -3.61. The molecule has 59 heavy (non-hydrogen) atoms. The second-order valence-corrected chi connectivity index (χ2v) is 16.0. The highest BCUT2D eigenvalue weighted by molar-refractivity contribution is 8.18. The van der Waals surface area contributed by atoms with Gasteiger partial charge in [-0.15, -0.1) is 0 Å². The summed E-state index contributed by atoms with van der Waals surface area (Å²) in [6, 6.07) is 33.3.